The molecule has 1 aromatic rings. The average Bonchev–Trinajstić information content (AvgIpc) is 2.26. The van der Waals surface area contributed by atoms with Gasteiger partial charge in [0.05, 0.1) is 5.69 Å². The quantitative estimate of drug-likeness (QED) is 0.699. The van der Waals surface area contributed by atoms with E-state index in [1.807, 2.05) is 6.07 Å². The lowest BCUT2D eigenvalue weighted by atomic mass is 9.93. The summed E-state index contributed by atoms with van der Waals surface area (Å²) >= 11 is 0. The fourth-order valence-electron chi connectivity index (χ4n) is 1.72. The summed E-state index contributed by atoms with van der Waals surface area (Å²) in [5.41, 5.74) is 9.13. The Bertz CT molecular complexity index is 454. The molecule has 1 aromatic heterocycles. The number of allylic oxidation sites excluding steroid dienone is 2. The summed E-state index contributed by atoms with van der Waals surface area (Å²) in [6, 6.07) is 1.91. The molecule has 0 spiro atoms. The molecular formula is C13H16N2. The lowest BCUT2D eigenvalue weighted by molar-refractivity contribution is 0.633. The minimum Gasteiger partial charge on any atom is -0.384 e. The van der Waals surface area contributed by atoms with E-state index in [1.54, 1.807) is 0 Å². The maximum Gasteiger partial charge on any atom is 0.124 e. The maximum absolute atomic E-state index is 5.73. The van der Waals surface area contributed by atoms with E-state index >= 15 is 0 Å². The number of nitrogen functional groups attached to an aromatic ring is 1. The van der Waals surface area contributed by atoms with E-state index < -0.39 is 0 Å². The van der Waals surface area contributed by atoms with Crippen LogP contribution in [0.3, 0.4) is 0 Å². The van der Waals surface area contributed by atoms with Crippen LogP contribution in [0, 0.1) is 12.3 Å². The van der Waals surface area contributed by atoms with Crippen molar-refractivity contribution in [1.29, 1.82) is 0 Å². The third-order valence-electron chi connectivity index (χ3n) is 2.67. The summed E-state index contributed by atoms with van der Waals surface area (Å²) in [6.45, 7) is 6.41. The Morgan fingerprint density at radius 2 is 1.87 bits per heavy atom. The third-order valence-corrected chi connectivity index (χ3v) is 2.67. The fraction of sp³-hybridized carbons (Fsp3) is 0.308. The zero-order chi connectivity index (χ0) is 11.1. The van der Waals surface area contributed by atoms with E-state index in [2.05, 4.69) is 50.1 Å². The highest BCUT2D eigenvalue weighted by molar-refractivity contribution is 5.69. The normalized spacial score (nSPS) is 17.3. The first-order valence-electron chi connectivity index (χ1n) is 5.13. The molecule has 0 bridgehead atoms. The van der Waals surface area contributed by atoms with E-state index in [0.717, 1.165) is 5.69 Å². The second-order valence-electron chi connectivity index (χ2n) is 4.65. The smallest absolute Gasteiger partial charge is 0.124 e. The number of rotatable bonds is 0. The number of hydrogen-bond acceptors (Lipinski definition) is 2. The molecule has 0 saturated carbocycles. The van der Waals surface area contributed by atoms with E-state index in [1.165, 1.54) is 11.1 Å². The molecule has 2 rings (SSSR count). The van der Waals surface area contributed by atoms with Gasteiger partial charge in [-0.2, -0.15) is 0 Å². The van der Waals surface area contributed by atoms with Gasteiger partial charge in [-0.25, -0.2) is 4.98 Å². The standard InChI is InChI=1S/C13H16N2/c1-9-8-12(14)15-11-5-7-13(2,3)6-4-10(9)11/h4-8H,1-3H3,(H2,14,15). The molecule has 0 radical (unpaired) electrons. The van der Waals surface area contributed by atoms with Crippen molar-refractivity contribution in [2.75, 3.05) is 5.73 Å². The van der Waals surface area contributed by atoms with Gasteiger partial charge in [-0.1, -0.05) is 32.1 Å². The van der Waals surface area contributed by atoms with Gasteiger partial charge in [-0.3, -0.25) is 0 Å². The first-order chi connectivity index (χ1) is 6.98. The molecule has 0 saturated heterocycles. The molecule has 0 fully saturated rings. The average molecular weight is 200 g/mol. The second-order valence-corrected chi connectivity index (χ2v) is 4.65. The van der Waals surface area contributed by atoms with Gasteiger partial charge in [-0.15, -0.1) is 0 Å². The highest BCUT2D eigenvalue weighted by atomic mass is 14.8. The second kappa shape index (κ2) is 3.23. The summed E-state index contributed by atoms with van der Waals surface area (Å²) in [7, 11) is 0. The van der Waals surface area contributed by atoms with Crippen LogP contribution >= 0.6 is 0 Å². The van der Waals surface area contributed by atoms with Crippen LogP contribution in [0.2, 0.25) is 0 Å². The minimum atomic E-state index is 0.0852. The lowest BCUT2D eigenvalue weighted by Gasteiger charge is -2.11. The highest BCUT2D eigenvalue weighted by Gasteiger charge is 2.14. The number of nitrogens with two attached hydrogens (primary N) is 1. The minimum absolute atomic E-state index is 0.0852. The van der Waals surface area contributed by atoms with Crippen LogP contribution in [0.1, 0.15) is 30.7 Å². The number of fused-ring (bicyclic) bond motifs is 1. The summed E-state index contributed by atoms with van der Waals surface area (Å²) in [6.07, 6.45) is 8.54. The van der Waals surface area contributed by atoms with Crippen molar-refractivity contribution in [1.82, 2.24) is 4.98 Å². The fourth-order valence-corrected chi connectivity index (χ4v) is 1.72. The number of aryl methyl sites for hydroxylation is 1. The van der Waals surface area contributed by atoms with Crippen molar-refractivity contribution in [3.05, 3.63) is 35.0 Å². The molecule has 2 heteroatoms. The topological polar surface area (TPSA) is 38.9 Å². The molecule has 0 aliphatic heterocycles. The van der Waals surface area contributed by atoms with Gasteiger partial charge in [0.25, 0.3) is 0 Å². The molecule has 0 amide bonds. The van der Waals surface area contributed by atoms with Crippen LogP contribution < -0.4 is 5.73 Å². The molecular weight excluding hydrogens is 184 g/mol. The molecule has 0 aromatic carbocycles. The lowest BCUT2D eigenvalue weighted by Crippen LogP contribution is -2.00. The van der Waals surface area contributed by atoms with Crippen molar-refractivity contribution in [3.63, 3.8) is 0 Å². The molecule has 78 valence electrons. The Kier molecular flexibility index (Phi) is 2.14. The monoisotopic (exact) mass is 200 g/mol. The molecule has 2 nitrogen and oxygen atoms in total. The van der Waals surface area contributed by atoms with Crippen molar-refractivity contribution in [3.8, 4) is 0 Å². The summed E-state index contributed by atoms with van der Waals surface area (Å²) in [4.78, 5) is 4.34. The molecule has 0 unspecified atom stereocenters. The first kappa shape index (κ1) is 9.97. The van der Waals surface area contributed by atoms with Crippen molar-refractivity contribution < 1.29 is 0 Å². The van der Waals surface area contributed by atoms with Gasteiger partial charge in [-0.05, 0) is 24.6 Å². The number of hydrogen-bond donors (Lipinski definition) is 1. The SMILES string of the molecule is Cc1cc(N)nc2c1C=CC(C)(C)C=C2. The molecule has 0 atom stereocenters. The van der Waals surface area contributed by atoms with E-state index in [4.69, 9.17) is 5.73 Å². The Labute approximate surface area is 90.5 Å². The van der Waals surface area contributed by atoms with Crippen LogP contribution in [0.15, 0.2) is 18.2 Å². The van der Waals surface area contributed by atoms with Gasteiger partial charge in [0, 0.05) is 11.0 Å². The predicted octanol–water partition coefficient (Wildman–Crippen LogP) is 3.04. The van der Waals surface area contributed by atoms with Crippen molar-refractivity contribution in [2.24, 2.45) is 5.41 Å². The van der Waals surface area contributed by atoms with E-state index in [0.29, 0.717) is 5.82 Å². The number of aromatic nitrogens is 1. The largest absolute Gasteiger partial charge is 0.384 e. The highest BCUT2D eigenvalue weighted by Crippen LogP contribution is 2.28. The van der Waals surface area contributed by atoms with Crippen LogP contribution in [0.25, 0.3) is 12.2 Å². The van der Waals surface area contributed by atoms with Gasteiger partial charge < -0.3 is 5.73 Å². The zero-order valence-corrected chi connectivity index (χ0v) is 9.41. The zero-order valence-electron chi connectivity index (χ0n) is 9.41. The Morgan fingerprint density at radius 3 is 2.60 bits per heavy atom. The molecule has 1 heterocycles. The van der Waals surface area contributed by atoms with Crippen molar-refractivity contribution >= 4 is 18.0 Å². The number of anilines is 1. The molecule has 15 heavy (non-hydrogen) atoms. The van der Waals surface area contributed by atoms with E-state index in [-0.39, 0.29) is 5.41 Å². The Balaban J connectivity index is 2.63. The van der Waals surface area contributed by atoms with Gasteiger partial charge in [0.15, 0.2) is 0 Å². The van der Waals surface area contributed by atoms with Crippen LogP contribution in [-0.2, 0) is 0 Å². The molecule has 2 N–H and O–H groups in total. The first-order valence-corrected chi connectivity index (χ1v) is 5.13. The summed E-state index contributed by atoms with van der Waals surface area (Å²) in [5.74, 6) is 0.587. The Hall–Kier alpha value is -1.57. The van der Waals surface area contributed by atoms with Gasteiger partial charge in [0.1, 0.15) is 5.82 Å². The molecule has 1 aliphatic rings. The third kappa shape index (κ3) is 1.94. The number of nitrogens with zero attached hydrogens (tertiary/aromatic N) is 1. The van der Waals surface area contributed by atoms with Crippen LogP contribution in [0.5, 0.6) is 0 Å². The maximum atomic E-state index is 5.73. The molecule has 1 aliphatic carbocycles. The summed E-state index contributed by atoms with van der Waals surface area (Å²) < 4.78 is 0. The van der Waals surface area contributed by atoms with Gasteiger partial charge >= 0.3 is 0 Å². The van der Waals surface area contributed by atoms with Crippen LogP contribution in [-0.4, -0.2) is 4.98 Å². The van der Waals surface area contributed by atoms with Crippen LogP contribution in [0.4, 0.5) is 5.82 Å². The number of pyridine rings is 1. The Morgan fingerprint density at radius 1 is 1.20 bits per heavy atom. The van der Waals surface area contributed by atoms with Gasteiger partial charge in [0.2, 0.25) is 0 Å². The predicted molar refractivity (Wildman–Crippen MR) is 65.2 cm³/mol. The van der Waals surface area contributed by atoms with E-state index in [9.17, 15) is 0 Å². The van der Waals surface area contributed by atoms with Crippen molar-refractivity contribution in [2.45, 2.75) is 20.8 Å². The summed E-state index contributed by atoms with van der Waals surface area (Å²) in [5, 5.41) is 0.